The van der Waals surface area contributed by atoms with Gasteiger partial charge in [-0.25, -0.2) is 4.39 Å². The molecule has 0 spiro atoms. The van der Waals surface area contributed by atoms with Crippen molar-refractivity contribution in [1.82, 2.24) is 10.3 Å². The lowest BCUT2D eigenvalue weighted by molar-refractivity contribution is -0.0991. The second kappa shape index (κ2) is 4.24. The Morgan fingerprint density at radius 1 is 1.53 bits per heavy atom. The number of hydrogen-bond donors (Lipinski definition) is 1. The van der Waals surface area contributed by atoms with Crippen LogP contribution >= 0.6 is 0 Å². The predicted molar refractivity (Wildman–Crippen MR) is 54.8 cm³/mol. The van der Waals surface area contributed by atoms with E-state index >= 15 is 0 Å². The summed E-state index contributed by atoms with van der Waals surface area (Å²) in [7, 11) is 0. The number of hydrogen-bond acceptors (Lipinski definition) is 3. The van der Waals surface area contributed by atoms with E-state index in [4.69, 9.17) is 4.74 Å². The van der Waals surface area contributed by atoms with Crippen molar-refractivity contribution in [3.05, 3.63) is 29.8 Å². The molecule has 15 heavy (non-hydrogen) atoms. The summed E-state index contributed by atoms with van der Waals surface area (Å²) >= 11 is 0. The van der Waals surface area contributed by atoms with Crippen LogP contribution in [0.25, 0.3) is 0 Å². The molecule has 0 aliphatic carbocycles. The minimum absolute atomic E-state index is 0.251. The summed E-state index contributed by atoms with van der Waals surface area (Å²) in [5.41, 5.74) is 1.12. The Bertz CT molecular complexity index is 339. The first-order chi connectivity index (χ1) is 7.18. The van der Waals surface area contributed by atoms with Gasteiger partial charge in [0.1, 0.15) is 5.82 Å². The van der Waals surface area contributed by atoms with Gasteiger partial charge < -0.3 is 10.1 Å². The maximum Gasteiger partial charge on any atom is 0.141 e. The van der Waals surface area contributed by atoms with Crippen LogP contribution in [0.3, 0.4) is 0 Å². The van der Waals surface area contributed by atoms with Crippen LogP contribution in [0.15, 0.2) is 18.5 Å². The Kier molecular flexibility index (Phi) is 2.98. The van der Waals surface area contributed by atoms with Gasteiger partial charge in [-0.3, -0.25) is 4.98 Å². The molecule has 1 saturated heterocycles. The van der Waals surface area contributed by atoms with E-state index in [1.165, 1.54) is 12.3 Å². The maximum absolute atomic E-state index is 12.8. The molecular formula is C11H15FN2O. The molecule has 0 saturated carbocycles. The lowest BCUT2D eigenvalue weighted by Crippen LogP contribution is -2.47. The van der Waals surface area contributed by atoms with Crippen molar-refractivity contribution < 1.29 is 9.13 Å². The van der Waals surface area contributed by atoms with E-state index in [0.717, 1.165) is 25.3 Å². The van der Waals surface area contributed by atoms with Crippen LogP contribution in [0.5, 0.6) is 0 Å². The van der Waals surface area contributed by atoms with E-state index in [-0.39, 0.29) is 11.2 Å². The number of aromatic nitrogens is 1. The molecule has 0 bridgehead atoms. The molecule has 0 amide bonds. The van der Waals surface area contributed by atoms with Crippen LogP contribution in [-0.2, 0) is 11.3 Å². The molecule has 1 aliphatic heterocycles. The van der Waals surface area contributed by atoms with Crippen LogP contribution in [0.2, 0.25) is 0 Å². The summed E-state index contributed by atoms with van der Waals surface area (Å²) in [4.78, 5) is 3.79. The third kappa shape index (κ3) is 2.73. The highest BCUT2D eigenvalue weighted by Crippen LogP contribution is 2.25. The molecular weight excluding hydrogens is 195 g/mol. The van der Waals surface area contributed by atoms with Gasteiger partial charge in [0, 0.05) is 24.7 Å². The fourth-order valence-electron chi connectivity index (χ4n) is 1.61. The fraction of sp³-hybridized carbons (Fsp3) is 0.545. The van der Waals surface area contributed by atoms with E-state index in [9.17, 15) is 4.39 Å². The van der Waals surface area contributed by atoms with E-state index in [1.54, 1.807) is 6.20 Å². The second-order valence-electron chi connectivity index (χ2n) is 4.42. The SMILES string of the molecule is CC1(CNCc2cncc(F)c2)COC1. The van der Waals surface area contributed by atoms with E-state index < -0.39 is 0 Å². The highest BCUT2D eigenvalue weighted by atomic mass is 19.1. The summed E-state index contributed by atoms with van der Waals surface area (Å²) in [6.45, 7) is 5.33. The summed E-state index contributed by atoms with van der Waals surface area (Å²) in [6, 6.07) is 1.50. The van der Waals surface area contributed by atoms with Crippen molar-refractivity contribution in [2.45, 2.75) is 13.5 Å². The van der Waals surface area contributed by atoms with Gasteiger partial charge in [0.15, 0.2) is 0 Å². The summed E-state index contributed by atoms with van der Waals surface area (Å²) < 4.78 is 17.9. The van der Waals surface area contributed by atoms with Gasteiger partial charge in [0.2, 0.25) is 0 Å². The number of nitrogens with zero attached hydrogens (tertiary/aromatic N) is 1. The minimum Gasteiger partial charge on any atom is -0.380 e. The van der Waals surface area contributed by atoms with Crippen LogP contribution in [0, 0.1) is 11.2 Å². The van der Waals surface area contributed by atoms with Crippen molar-refractivity contribution in [3.8, 4) is 0 Å². The van der Waals surface area contributed by atoms with Gasteiger partial charge in [-0.15, -0.1) is 0 Å². The van der Waals surface area contributed by atoms with Crippen LogP contribution in [0.1, 0.15) is 12.5 Å². The zero-order chi connectivity index (χ0) is 10.7. The molecule has 1 aliphatic rings. The molecule has 2 rings (SSSR count). The zero-order valence-electron chi connectivity index (χ0n) is 8.79. The first kappa shape index (κ1) is 10.5. The third-order valence-corrected chi connectivity index (χ3v) is 2.54. The number of rotatable bonds is 4. The maximum atomic E-state index is 12.8. The molecule has 0 atom stereocenters. The Morgan fingerprint density at radius 3 is 2.93 bits per heavy atom. The molecule has 0 radical (unpaired) electrons. The van der Waals surface area contributed by atoms with Crippen molar-refractivity contribution in [3.63, 3.8) is 0 Å². The van der Waals surface area contributed by atoms with Crippen molar-refractivity contribution in [2.24, 2.45) is 5.41 Å². The minimum atomic E-state index is -0.285. The number of nitrogens with one attached hydrogen (secondary N) is 1. The lowest BCUT2D eigenvalue weighted by atomic mass is 9.89. The molecule has 4 heteroatoms. The average Bonchev–Trinajstić information content (AvgIpc) is 2.15. The van der Waals surface area contributed by atoms with Gasteiger partial charge >= 0.3 is 0 Å². The highest BCUT2D eigenvalue weighted by Gasteiger charge is 2.32. The summed E-state index contributed by atoms with van der Waals surface area (Å²) in [5, 5.41) is 3.28. The Hall–Kier alpha value is -1.00. The van der Waals surface area contributed by atoms with Crippen LogP contribution in [-0.4, -0.2) is 24.7 Å². The number of halogens is 1. The standard InChI is InChI=1S/C11H15FN2O/c1-11(7-15-8-11)6-14-4-9-2-10(12)5-13-3-9/h2-3,5,14H,4,6-8H2,1H3. The molecule has 0 unspecified atom stereocenters. The normalized spacial score (nSPS) is 18.5. The molecule has 2 heterocycles. The van der Waals surface area contributed by atoms with Crippen molar-refractivity contribution >= 4 is 0 Å². The first-order valence-corrected chi connectivity index (χ1v) is 5.06. The monoisotopic (exact) mass is 210 g/mol. The smallest absolute Gasteiger partial charge is 0.141 e. The van der Waals surface area contributed by atoms with Crippen molar-refractivity contribution in [1.29, 1.82) is 0 Å². The lowest BCUT2D eigenvalue weighted by Gasteiger charge is -2.38. The summed E-state index contributed by atoms with van der Waals surface area (Å²) in [6.07, 6.45) is 2.89. The number of ether oxygens (including phenoxy) is 1. The topological polar surface area (TPSA) is 34.2 Å². The molecule has 3 nitrogen and oxygen atoms in total. The molecule has 1 aromatic heterocycles. The van der Waals surface area contributed by atoms with Gasteiger partial charge in [-0.2, -0.15) is 0 Å². The average molecular weight is 210 g/mol. The fourth-order valence-corrected chi connectivity index (χ4v) is 1.61. The largest absolute Gasteiger partial charge is 0.380 e. The van der Waals surface area contributed by atoms with Gasteiger partial charge in [0.25, 0.3) is 0 Å². The third-order valence-electron chi connectivity index (χ3n) is 2.54. The Morgan fingerprint density at radius 2 is 2.33 bits per heavy atom. The van der Waals surface area contributed by atoms with Gasteiger partial charge in [-0.1, -0.05) is 6.92 Å². The highest BCUT2D eigenvalue weighted by molar-refractivity contribution is 5.09. The van der Waals surface area contributed by atoms with Gasteiger partial charge in [0.05, 0.1) is 19.4 Å². The first-order valence-electron chi connectivity index (χ1n) is 5.06. The molecule has 1 N–H and O–H groups in total. The van der Waals surface area contributed by atoms with E-state index in [2.05, 4.69) is 17.2 Å². The van der Waals surface area contributed by atoms with Crippen LogP contribution < -0.4 is 5.32 Å². The zero-order valence-corrected chi connectivity index (χ0v) is 8.79. The predicted octanol–water partition coefficient (Wildman–Crippen LogP) is 1.35. The van der Waals surface area contributed by atoms with Crippen molar-refractivity contribution in [2.75, 3.05) is 19.8 Å². The molecule has 1 aromatic rings. The van der Waals surface area contributed by atoms with Crippen LogP contribution in [0.4, 0.5) is 4.39 Å². The molecule has 0 aromatic carbocycles. The van der Waals surface area contributed by atoms with E-state index in [1.807, 2.05) is 0 Å². The Balaban J connectivity index is 1.78. The summed E-state index contributed by atoms with van der Waals surface area (Å²) in [5.74, 6) is -0.285. The molecule has 82 valence electrons. The second-order valence-corrected chi connectivity index (χ2v) is 4.42. The van der Waals surface area contributed by atoms with Gasteiger partial charge in [-0.05, 0) is 11.6 Å². The Labute approximate surface area is 88.7 Å². The number of pyridine rings is 1. The quantitative estimate of drug-likeness (QED) is 0.814. The molecule has 1 fully saturated rings. The van der Waals surface area contributed by atoms with E-state index in [0.29, 0.717) is 6.54 Å².